The van der Waals surface area contributed by atoms with Gasteiger partial charge in [-0.1, -0.05) is 30.2 Å². The van der Waals surface area contributed by atoms with Crippen molar-refractivity contribution in [2.45, 2.75) is 50.1 Å². The van der Waals surface area contributed by atoms with E-state index in [-0.39, 0.29) is 9.77 Å². The molecule has 0 saturated heterocycles. The number of benzene rings is 1. The van der Waals surface area contributed by atoms with Gasteiger partial charge in [-0.3, -0.25) is 9.36 Å². The SMILES string of the molecule is CCn1c(=O)sc2c(S(=O)(=O)NCCNC3CCCC3)cccc21. The predicted octanol–water partition coefficient (Wildman–Crippen LogP) is 1.89. The van der Waals surface area contributed by atoms with Crippen LogP contribution in [0.15, 0.2) is 27.9 Å². The lowest BCUT2D eigenvalue weighted by molar-refractivity contribution is 0.520. The van der Waals surface area contributed by atoms with Crippen LogP contribution in [0, 0.1) is 0 Å². The molecule has 0 atom stereocenters. The predicted molar refractivity (Wildman–Crippen MR) is 97.2 cm³/mol. The second-order valence-corrected chi connectivity index (χ2v) is 8.75. The summed E-state index contributed by atoms with van der Waals surface area (Å²) in [6, 6.07) is 5.55. The van der Waals surface area contributed by atoms with E-state index in [1.807, 2.05) is 6.92 Å². The lowest BCUT2D eigenvalue weighted by Gasteiger charge is -2.12. The summed E-state index contributed by atoms with van der Waals surface area (Å²) in [5.41, 5.74) is 0.680. The highest BCUT2D eigenvalue weighted by molar-refractivity contribution is 7.90. The fraction of sp³-hybridized carbons (Fsp3) is 0.562. The number of fused-ring (bicyclic) bond motifs is 1. The number of nitrogens with one attached hydrogen (secondary N) is 2. The standard InChI is InChI=1S/C16H23N3O3S2/c1-2-19-13-8-5-9-14(15(13)23-16(19)20)24(21,22)18-11-10-17-12-6-3-4-7-12/h5,8-9,12,17-18H,2-4,6-7,10-11H2,1H3. The summed E-state index contributed by atoms with van der Waals surface area (Å²) in [5, 5.41) is 3.39. The van der Waals surface area contributed by atoms with E-state index >= 15 is 0 Å². The highest BCUT2D eigenvalue weighted by Gasteiger charge is 2.20. The Morgan fingerprint density at radius 1 is 1.25 bits per heavy atom. The Morgan fingerprint density at radius 3 is 2.71 bits per heavy atom. The Balaban J connectivity index is 1.74. The van der Waals surface area contributed by atoms with Crippen molar-refractivity contribution in [2.75, 3.05) is 13.1 Å². The number of hydrogen-bond donors (Lipinski definition) is 2. The summed E-state index contributed by atoms with van der Waals surface area (Å²) in [5.74, 6) is 0. The molecule has 6 nitrogen and oxygen atoms in total. The van der Waals surface area contributed by atoms with Crippen LogP contribution in [0.2, 0.25) is 0 Å². The minimum atomic E-state index is -3.63. The van der Waals surface area contributed by atoms with E-state index in [4.69, 9.17) is 0 Å². The first-order valence-electron chi connectivity index (χ1n) is 8.38. The Labute approximate surface area is 145 Å². The molecule has 0 bridgehead atoms. The average molecular weight is 370 g/mol. The van der Waals surface area contributed by atoms with Gasteiger partial charge in [-0.25, -0.2) is 13.1 Å². The fourth-order valence-corrected chi connectivity index (χ4v) is 5.79. The van der Waals surface area contributed by atoms with Crippen molar-refractivity contribution in [2.24, 2.45) is 0 Å². The third kappa shape index (κ3) is 3.56. The molecule has 1 aromatic carbocycles. The molecule has 1 aliphatic carbocycles. The molecule has 1 saturated carbocycles. The highest BCUT2D eigenvalue weighted by Crippen LogP contribution is 2.25. The molecule has 0 unspecified atom stereocenters. The zero-order valence-corrected chi connectivity index (χ0v) is 15.4. The monoisotopic (exact) mass is 369 g/mol. The summed E-state index contributed by atoms with van der Waals surface area (Å²) in [4.78, 5) is 12.1. The molecule has 1 aliphatic rings. The summed E-state index contributed by atoms with van der Waals surface area (Å²) < 4.78 is 30.0. The lowest BCUT2D eigenvalue weighted by atomic mass is 10.2. The fourth-order valence-electron chi connectivity index (χ4n) is 3.24. The number of aromatic nitrogens is 1. The number of thiazole rings is 1. The van der Waals surface area contributed by atoms with Crippen LogP contribution in [0.4, 0.5) is 0 Å². The van der Waals surface area contributed by atoms with E-state index in [0.29, 0.717) is 35.9 Å². The largest absolute Gasteiger partial charge is 0.313 e. The molecule has 132 valence electrons. The van der Waals surface area contributed by atoms with Crippen LogP contribution in [0.1, 0.15) is 32.6 Å². The molecule has 0 aliphatic heterocycles. The van der Waals surface area contributed by atoms with Crippen molar-refractivity contribution >= 4 is 31.6 Å². The van der Waals surface area contributed by atoms with Gasteiger partial charge in [0.2, 0.25) is 10.0 Å². The molecule has 0 spiro atoms. The molecule has 2 N–H and O–H groups in total. The van der Waals surface area contributed by atoms with Crippen molar-refractivity contribution in [3.63, 3.8) is 0 Å². The first kappa shape index (κ1) is 17.6. The first-order chi connectivity index (χ1) is 11.5. The smallest absolute Gasteiger partial charge is 0.308 e. The van der Waals surface area contributed by atoms with Gasteiger partial charge in [-0.2, -0.15) is 0 Å². The van der Waals surface area contributed by atoms with Crippen LogP contribution < -0.4 is 14.9 Å². The number of rotatable bonds is 7. The molecule has 1 fully saturated rings. The summed E-state index contributed by atoms with van der Waals surface area (Å²) in [6.45, 7) is 3.37. The van der Waals surface area contributed by atoms with Gasteiger partial charge in [0.15, 0.2) is 0 Å². The highest BCUT2D eigenvalue weighted by atomic mass is 32.2. The van der Waals surface area contributed by atoms with Gasteiger partial charge < -0.3 is 5.32 Å². The molecule has 1 aromatic heterocycles. The Hall–Kier alpha value is -1.22. The Bertz CT molecular complexity index is 864. The van der Waals surface area contributed by atoms with Gasteiger partial charge in [0.1, 0.15) is 4.90 Å². The van der Waals surface area contributed by atoms with E-state index in [2.05, 4.69) is 10.0 Å². The van der Waals surface area contributed by atoms with Crippen molar-refractivity contribution < 1.29 is 8.42 Å². The molecule has 8 heteroatoms. The van der Waals surface area contributed by atoms with Gasteiger partial charge in [0, 0.05) is 25.7 Å². The van der Waals surface area contributed by atoms with Gasteiger partial charge in [-0.15, -0.1) is 0 Å². The second kappa shape index (κ2) is 7.35. The molecule has 0 radical (unpaired) electrons. The van der Waals surface area contributed by atoms with E-state index in [9.17, 15) is 13.2 Å². The Kier molecular flexibility index (Phi) is 5.39. The maximum Gasteiger partial charge on any atom is 0.308 e. The summed E-state index contributed by atoms with van der Waals surface area (Å²) in [6.07, 6.45) is 4.84. The topological polar surface area (TPSA) is 80.2 Å². The van der Waals surface area contributed by atoms with Gasteiger partial charge in [0.25, 0.3) is 0 Å². The van der Waals surface area contributed by atoms with Crippen LogP contribution in [-0.4, -0.2) is 32.1 Å². The summed E-state index contributed by atoms with van der Waals surface area (Å²) >= 11 is 0.989. The molecule has 1 heterocycles. The number of hydrogen-bond acceptors (Lipinski definition) is 5. The van der Waals surface area contributed by atoms with Gasteiger partial charge in [0.05, 0.1) is 10.2 Å². The second-order valence-electron chi connectivity index (χ2n) is 6.05. The Morgan fingerprint density at radius 2 is 2.00 bits per heavy atom. The molecule has 24 heavy (non-hydrogen) atoms. The van der Waals surface area contributed by atoms with Crippen LogP contribution in [0.25, 0.3) is 10.2 Å². The number of aryl methyl sites for hydroxylation is 1. The van der Waals surface area contributed by atoms with Crippen molar-refractivity contribution in [3.05, 3.63) is 27.9 Å². The molecule has 2 aromatic rings. The maximum atomic E-state index is 12.6. The van der Waals surface area contributed by atoms with Crippen LogP contribution in [0.5, 0.6) is 0 Å². The zero-order chi connectivity index (χ0) is 17.2. The third-order valence-electron chi connectivity index (χ3n) is 4.47. The minimum Gasteiger partial charge on any atom is -0.313 e. The van der Waals surface area contributed by atoms with Gasteiger partial charge >= 0.3 is 4.87 Å². The zero-order valence-electron chi connectivity index (χ0n) is 13.7. The van der Waals surface area contributed by atoms with Crippen LogP contribution in [0.3, 0.4) is 0 Å². The average Bonchev–Trinajstić information content (AvgIpc) is 3.17. The summed E-state index contributed by atoms with van der Waals surface area (Å²) in [7, 11) is -3.63. The third-order valence-corrected chi connectivity index (χ3v) is 7.13. The van der Waals surface area contributed by atoms with Crippen molar-refractivity contribution in [3.8, 4) is 0 Å². The van der Waals surface area contributed by atoms with Crippen LogP contribution >= 0.6 is 11.3 Å². The molecular formula is C16H23N3O3S2. The molecular weight excluding hydrogens is 346 g/mol. The normalized spacial score (nSPS) is 16.2. The quantitative estimate of drug-likeness (QED) is 0.731. The first-order valence-corrected chi connectivity index (χ1v) is 10.7. The molecule has 3 rings (SSSR count). The maximum absolute atomic E-state index is 12.6. The van der Waals surface area contributed by atoms with E-state index < -0.39 is 10.0 Å². The molecule has 0 amide bonds. The van der Waals surface area contributed by atoms with Crippen molar-refractivity contribution in [1.29, 1.82) is 0 Å². The van der Waals surface area contributed by atoms with E-state index in [0.717, 1.165) is 11.3 Å². The van der Waals surface area contributed by atoms with E-state index in [1.165, 1.54) is 25.7 Å². The van der Waals surface area contributed by atoms with Crippen LogP contribution in [-0.2, 0) is 16.6 Å². The van der Waals surface area contributed by atoms with Crippen molar-refractivity contribution in [1.82, 2.24) is 14.6 Å². The van der Waals surface area contributed by atoms with Gasteiger partial charge in [-0.05, 0) is 31.9 Å². The lowest BCUT2D eigenvalue weighted by Crippen LogP contribution is -2.35. The van der Waals surface area contributed by atoms with E-state index in [1.54, 1.807) is 22.8 Å². The number of nitrogens with zero attached hydrogens (tertiary/aromatic N) is 1. The number of sulfonamides is 1. The minimum absolute atomic E-state index is 0.127.